The van der Waals surface area contributed by atoms with Crippen molar-refractivity contribution in [3.8, 4) is 5.75 Å². The van der Waals surface area contributed by atoms with Gasteiger partial charge in [0.1, 0.15) is 5.75 Å². The first-order chi connectivity index (χ1) is 13.7. The number of aliphatic hydroxyl groups is 1. The Balaban J connectivity index is 1.10. The highest BCUT2D eigenvalue weighted by molar-refractivity contribution is 5.49. The summed E-state index contributed by atoms with van der Waals surface area (Å²) in [5, 5.41) is 10.3. The molecule has 1 N–H and O–H groups in total. The Kier molecular flexibility index (Phi) is 6.76. The Morgan fingerprint density at radius 1 is 1.07 bits per heavy atom. The maximum absolute atomic E-state index is 10.3. The molecular weight excluding hydrogens is 352 g/mol. The lowest BCUT2D eigenvalue weighted by atomic mass is 9.87. The van der Waals surface area contributed by atoms with Crippen molar-refractivity contribution in [1.29, 1.82) is 0 Å². The van der Waals surface area contributed by atoms with E-state index < -0.39 is 0 Å². The molecule has 28 heavy (non-hydrogen) atoms. The van der Waals surface area contributed by atoms with Gasteiger partial charge in [-0.1, -0.05) is 6.42 Å². The second-order valence-corrected chi connectivity index (χ2v) is 8.94. The molecule has 5 heteroatoms. The number of rotatable bonds is 9. The summed E-state index contributed by atoms with van der Waals surface area (Å²) in [6, 6.07) is 8.26. The fraction of sp³-hybridized carbons (Fsp3) is 0.739. The summed E-state index contributed by atoms with van der Waals surface area (Å²) < 4.78 is 11.1. The summed E-state index contributed by atoms with van der Waals surface area (Å²) >= 11 is 0. The van der Waals surface area contributed by atoms with Gasteiger partial charge in [0.25, 0.3) is 0 Å². The Morgan fingerprint density at radius 2 is 1.86 bits per heavy atom. The van der Waals surface area contributed by atoms with E-state index in [0.717, 1.165) is 56.3 Å². The molecule has 0 amide bonds. The van der Waals surface area contributed by atoms with Gasteiger partial charge in [-0.3, -0.25) is 4.90 Å². The molecule has 5 nitrogen and oxygen atoms in total. The number of piperazine rings is 1. The highest BCUT2D eigenvalue weighted by atomic mass is 16.5. The number of nitrogens with zero attached hydrogens (tertiary/aromatic N) is 2. The fourth-order valence-corrected chi connectivity index (χ4v) is 5.52. The van der Waals surface area contributed by atoms with Gasteiger partial charge in [-0.25, -0.2) is 0 Å². The van der Waals surface area contributed by atoms with Gasteiger partial charge in [0.15, 0.2) is 0 Å². The molecule has 4 rings (SSSR count). The van der Waals surface area contributed by atoms with Gasteiger partial charge in [0.2, 0.25) is 0 Å². The van der Waals surface area contributed by atoms with Crippen LogP contribution >= 0.6 is 0 Å². The van der Waals surface area contributed by atoms with Crippen molar-refractivity contribution in [2.24, 2.45) is 17.8 Å². The molecule has 2 aliphatic carbocycles. The molecular formula is C23H36N2O3. The minimum atomic E-state index is -0.382. The second-order valence-electron chi connectivity index (χ2n) is 8.94. The third-order valence-corrected chi connectivity index (χ3v) is 7.11. The number of β-amino-alcohol motifs (C(OH)–C–C–N with tert-alkyl or cyclic N) is 1. The number of ether oxygens (including phenoxy) is 2. The molecule has 0 aromatic heterocycles. The maximum Gasteiger partial charge on any atom is 0.119 e. The number of benzene rings is 1. The van der Waals surface area contributed by atoms with Crippen LogP contribution in [0.2, 0.25) is 0 Å². The van der Waals surface area contributed by atoms with Gasteiger partial charge < -0.3 is 19.5 Å². The van der Waals surface area contributed by atoms with Crippen LogP contribution in [0, 0.1) is 17.8 Å². The summed E-state index contributed by atoms with van der Waals surface area (Å²) in [4.78, 5) is 4.75. The summed E-state index contributed by atoms with van der Waals surface area (Å²) in [7, 11) is 1.70. The number of anilines is 1. The van der Waals surface area contributed by atoms with Gasteiger partial charge in [0, 0.05) is 45.0 Å². The molecule has 1 aromatic rings. The normalized spacial score (nSPS) is 28.6. The molecule has 0 unspecified atom stereocenters. The number of aliphatic hydroxyl groups excluding tert-OH is 1. The Labute approximate surface area is 169 Å². The third kappa shape index (κ3) is 5.00. The summed E-state index contributed by atoms with van der Waals surface area (Å²) in [5.74, 6) is 3.77. The lowest BCUT2D eigenvalue weighted by Gasteiger charge is -2.37. The predicted octanol–water partition coefficient (Wildman–Crippen LogP) is 3.02. The Morgan fingerprint density at radius 3 is 2.50 bits per heavy atom. The smallest absolute Gasteiger partial charge is 0.119 e. The molecule has 0 spiro atoms. The Bertz CT molecular complexity index is 600. The van der Waals surface area contributed by atoms with Crippen LogP contribution in [0.1, 0.15) is 32.1 Å². The van der Waals surface area contributed by atoms with E-state index >= 15 is 0 Å². The van der Waals surface area contributed by atoms with Crippen molar-refractivity contribution in [1.82, 2.24) is 4.90 Å². The van der Waals surface area contributed by atoms with E-state index in [2.05, 4.69) is 21.9 Å². The summed E-state index contributed by atoms with van der Waals surface area (Å²) in [6.45, 7) is 5.94. The van der Waals surface area contributed by atoms with Crippen molar-refractivity contribution < 1.29 is 14.6 Å². The molecule has 3 aliphatic rings. The molecule has 2 bridgehead atoms. The molecule has 3 fully saturated rings. The largest absolute Gasteiger partial charge is 0.497 e. The number of hydrogen-bond donors (Lipinski definition) is 1. The van der Waals surface area contributed by atoms with E-state index in [4.69, 9.17) is 9.47 Å². The first-order valence-electron chi connectivity index (χ1n) is 11.1. The van der Waals surface area contributed by atoms with Crippen LogP contribution in [0.3, 0.4) is 0 Å². The molecule has 1 aliphatic heterocycles. The zero-order chi connectivity index (χ0) is 19.3. The van der Waals surface area contributed by atoms with E-state index in [-0.39, 0.29) is 6.10 Å². The van der Waals surface area contributed by atoms with Gasteiger partial charge in [-0.05, 0) is 67.7 Å². The maximum atomic E-state index is 10.3. The summed E-state index contributed by atoms with van der Waals surface area (Å²) in [6.07, 6.45) is 6.61. The van der Waals surface area contributed by atoms with Crippen LogP contribution in [0.5, 0.6) is 5.75 Å². The SMILES string of the molecule is COc1ccc(N2CCN(C[C@@H](O)COCC[C@@H]3C[C@@H]4CC[C@@H]3C4)CC2)cc1. The van der Waals surface area contributed by atoms with Crippen molar-refractivity contribution in [3.63, 3.8) is 0 Å². The van der Waals surface area contributed by atoms with Gasteiger partial charge in [0.05, 0.1) is 19.8 Å². The zero-order valence-electron chi connectivity index (χ0n) is 17.3. The van der Waals surface area contributed by atoms with Crippen LogP contribution < -0.4 is 9.64 Å². The minimum absolute atomic E-state index is 0.382. The molecule has 1 heterocycles. The summed E-state index contributed by atoms with van der Waals surface area (Å²) in [5.41, 5.74) is 1.24. The number of methoxy groups -OCH3 is 1. The van der Waals surface area contributed by atoms with E-state index in [1.54, 1.807) is 7.11 Å². The quantitative estimate of drug-likeness (QED) is 0.659. The molecule has 0 radical (unpaired) electrons. The minimum Gasteiger partial charge on any atom is -0.497 e. The van der Waals surface area contributed by atoms with Crippen molar-refractivity contribution >= 4 is 5.69 Å². The van der Waals surface area contributed by atoms with Gasteiger partial charge in [-0.2, -0.15) is 0 Å². The Hall–Kier alpha value is -1.30. The molecule has 2 saturated carbocycles. The van der Waals surface area contributed by atoms with Gasteiger partial charge >= 0.3 is 0 Å². The topological polar surface area (TPSA) is 45.2 Å². The standard InChI is InChI=1S/C23H36N2O3/c1-27-23-6-4-21(5-7-23)25-11-9-24(10-12-25)16-22(26)17-28-13-8-20-15-18-2-3-19(20)14-18/h4-7,18-20,22,26H,2-3,8-17H2,1H3/t18-,19-,20-,22-/m1/s1. The monoisotopic (exact) mass is 388 g/mol. The van der Waals surface area contributed by atoms with Crippen LogP contribution in [0.4, 0.5) is 5.69 Å². The van der Waals surface area contributed by atoms with Crippen molar-refractivity contribution in [3.05, 3.63) is 24.3 Å². The molecule has 156 valence electrons. The number of hydrogen-bond acceptors (Lipinski definition) is 5. The van der Waals surface area contributed by atoms with Gasteiger partial charge in [-0.15, -0.1) is 0 Å². The van der Waals surface area contributed by atoms with Crippen LogP contribution in [0.15, 0.2) is 24.3 Å². The molecule has 1 aromatic carbocycles. The third-order valence-electron chi connectivity index (χ3n) is 7.11. The highest BCUT2D eigenvalue weighted by Crippen LogP contribution is 2.49. The highest BCUT2D eigenvalue weighted by Gasteiger charge is 2.38. The zero-order valence-corrected chi connectivity index (χ0v) is 17.3. The lowest BCUT2D eigenvalue weighted by Crippen LogP contribution is -2.49. The average Bonchev–Trinajstić information content (AvgIpc) is 3.35. The first-order valence-corrected chi connectivity index (χ1v) is 11.1. The van der Waals surface area contributed by atoms with Crippen LogP contribution in [0.25, 0.3) is 0 Å². The lowest BCUT2D eigenvalue weighted by molar-refractivity contribution is 0.0100. The van der Waals surface area contributed by atoms with Crippen LogP contribution in [-0.4, -0.2) is 69.2 Å². The van der Waals surface area contributed by atoms with E-state index in [1.807, 2.05) is 12.1 Å². The molecule has 4 atom stereocenters. The number of fused-ring (bicyclic) bond motifs is 2. The van der Waals surface area contributed by atoms with Crippen LogP contribution in [-0.2, 0) is 4.74 Å². The fourth-order valence-electron chi connectivity index (χ4n) is 5.52. The van der Waals surface area contributed by atoms with Crippen molar-refractivity contribution in [2.75, 3.05) is 57.9 Å². The average molecular weight is 389 g/mol. The van der Waals surface area contributed by atoms with E-state index in [0.29, 0.717) is 13.2 Å². The predicted molar refractivity (Wildman–Crippen MR) is 112 cm³/mol. The van der Waals surface area contributed by atoms with Crippen molar-refractivity contribution in [2.45, 2.75) is 38.2 Å². The molecule has 1 saturated heterocycles. The van der Waals surface area contributed by atoms with E-state index in [1.165, 1.54) is 37.8 Å². The van der Waals surface area contributed by atoms with E-state index in [9.17, 15) is 5.11 Å². The first kappa shape index (κ1) is 20.0. The second kappa shape index (κ2) is 9.47.